The molecule has 1 aromatic heterocycles. The fraction of sp³-hybridized carbons (Fsp3) is 0.688. The highest BCUT2D eigenvalue weighted by molar-refractivity contribution is 5.93. The maximum atomic E-state index is 12.3. The molecular weight excluding hydrogens is 280 g/mol. The first-order valence-corrected chi connectivity index (χ1v) is 8.28. The Labute approximate surface area is 129 Å². The van der Waals surface area contributed by atoms with E-state index in [2.05, 4.69) is 20.1 Å². The first-order chi connectivity index (χ1) is 10.7. The van der Waals surface area contributed by atoms with Gasteiger partial charge in [0.15, 0.2) is 5.82 Å². The zero-order valence-corrected chi connectivity index (χ0v) is 13.0. The lowest BCUT2D eigenvalue weighted by Crippen LogP contribution is -2.28. The van der Waals surface area contributed by atoms with Gasteiger partial charge in [0.25, 0.3) is 5.91 Å². The minimum absolute atomic E-state index is 0.0319. The quantitative estimate of drug-likeness (QED) is 0.905. The Bertz CT molecular complexity index is 626. The minimum atomic E-state index is -0.0319. The van der Waals surface area contributed by atoms with Gasteiger partial charge in [-0.15, -0.1) is 10.2 Å². The Morgan fingerprint density at radius 3 is 2.82 bits per heavy atom. The van der Waals surface area contributed by atoms with Gasteiger partial charge >= 0.3 is 0 Å². The van der Waals surface area contributed by atoms with E-state index in [1.165, 1.54) is 25.7 Å². The highest BCUT2D eigenvalue weighted by Gasteiger charge is 2.36. The van der Waals surface area contributed by atoms with Gasteiger partial charge in [0.1, 0.15) is 11.6 Å². The largest absolute Gasteiger partial charge is 0.498 e. The molecule has 6 nitrogen and oxygen atoms in total. The lowest BCUT2D eigenvalue weighted by Gasteiger charge is -2.18. The van der Waals surface area contributed by atoms with E-state index in [9.17, 15) is 4.79 Å². The highest BCUT2D eigenvalue weighted by Crippen LogP contribution is 2.44. The number of carbonyl (C=O) groups excluding carboxylic acids is 1. The molecule has 2 saturated carbocycles. The van der Waals surface area contributed by atoms with Crippen LogP contribution < -0.4 is 5.32 Å². The molecule has 0 bridgehead atoms. The zero-order valence-electron chi connectivity index (χ0n) is 13.0. The smallest absolute Gasteiger partial charge is 0.250 e. The first kappa shape index (κ1) is 13.8. The molecule has 6 heteroatoms. The zero-order chi connectivity index (χ0) is 15.1. The summed E-state index contributed by atoms with van der Waals surface area (Å²) < 4.78 is 7.74. The predicted octanol–water partition coefficient (Wildman–Crippen LogP) is 2.19. The molecule has 0 saturated heterocycles. The van der Waals surface area contributed by atoms with Crippen LogP contribution in [0.3, 0.4) is 0 Å². The Hall–Kier alpha value is -1.85. The summed E-state index contributed by atoms with van der Waals surface area (Å²) in [5.41, 5.74) is 0.770. The summed E-state index contributed by atoms with van der Waals surface area (Å²) >= 11 is 0. The van der Waals surface area contributed by atoms with Crippen LogP contribution in [0.15, 0.2) is 11.3 Å². The molecule has 0 atom stereocenters. The van der Waals surface area contributed by atoms with Crippen LogP contribution in [0.25, 0.3) is 0 Å². The Morgan fingerprint density at radius 1 is 1.32 bits per heavy atom. The molecule has 1 amide bonds. The van der Waals surface area contributed by atoms with Crippen LogP contribution in [0.2, 0.25) is 0 Å². The Morgan fingerprint density at radius 2 is 2.14 bits per heavy atom. The first-order valence-electron chi connectivity index (χ1n) is 8.28. The maximum absolute atomic E-state index is 12.3. The summed E-state index contributed by atoms with van der Waals surface area (Å²) in [5, 5.41) is 11.7. The van der Waals surface area contributed by atoms with Gasteiger partial charge in [-0.1, -0.05) is 0 Å². The molecule has 4 rings (SSSR count). The van der Waals surface area contributed by atoms with E-state index in [-0.39, 0.29) is 5.91 Å². The number of aromatic nitrogens is 3. The van der Waals surface area contributed by atoms with Gasteiger partial charge in [-0.3, -0.25) is 4.79 Å². The minimum Gasteiger partial charge on any atom is -0.498 e. The Kier molecular flexibility index (Phi) is 3.39. The van der Waals surface area contributed by atoms with Gasteiger partial charge in [0.05, 0.1) is 18.7 Å². The van der Waals surface area contributed by atoms with Gasteiger partial charge in [-0.25, -0.2) is 0 Å². The fourth-order valence-corrected chi connectivity index (χ4v) is 3.09. The molecule has 118 valence electrons. The van der Waals surface area contributed by atoms with Crippen molar-refractivity contribution in [2.24, 2.45) is 0 Å². The van der Waals surface area contributed by atoms with Crippen LogP contribution in [-0.2, 0) is 16.1 Å². The van der Waals surface area contributed by atoms with E-state index in [1.807, 2.05) is 6.92 Å². The van der Waals surface area contributed by atoms with Crippen molar-refractivity contribution in [3.8, 4) is 0 Å². The van der Waals surface area contributed by atoms with Crippen molar-refractivity contribution in [1.29, 1.82) is 0 Å². The number of hydrogen-bond donors (Lipinski definition) is 1. The van der Waals surface area contributed by atoms with Crippen LogP contribution in [0, 0.1) is 0 Å². The molecule has 0 aromatic carbocycles. The van der Waals surface area contributed by atoms with Gasteiger partial charge in [0.2, 0.25) is 0 Å². The molecule has 1 aromatic rings. The van der Waals surface area contributed by atoms with Crippen molar-refractivity contribution >= 4 is 5.91 Å². The number of ether oxygens (including phenoxy) is 1. The normalized spacial score (nSPS) is 21.7. The summed E-state index contributed by atoms with van der Waals surface area (Å²) in [5.74, 6) is 3.34. The number of amides is 1. The van der Waals surface area contributed by atoms with Crippen LogP contribution in [0.4, 0.5) is 0 Å². The third-order valence-corrected chi connectivity index (χ3v) is 4.64. The number of nitrogens with zero attached hydrogens (tertiary/aromatic N) is 3. The van der Waals surface area contributed by atoms with Crippen molar-refractivity contribution in [2.45, 2.75) is 64.0 Å². The van der Waals surface area contributed by atoms with E-state index in [4.69, 9.17) is 4.74 Å². The standard InChI is InChI=1S/C16H22N4O2/c1-10-13(3-2-8-22-10)16(21)17-9-14-18-19-15(11-4-5-11)20(14)12-6-7-12/h11-12H,2-9H2,1H3,(H,17,21). The summed E-state index contributed by atoms with van der Waals surface area (Å²) in [6.45, 7) is 3.03. The predicted molar refractivity (Wildman–Crippen MR) is 80.0 cm³/mol. The average Bonchev–Trinajstić information content (AvgIpc) is 3.44. The molecule has 2 fully saturated rings. The fourth-order valence-electron chi connectivity index (χ4n) is 3.09. The molecule has 0 spiro atoms. The number of allylic oxidation sites excluding steroid dienone is 1. The van der Waals surface area contributed by atoms with Gasteiger partial charge in [-0.2, -0.15) is 0 Å². The molecule has 3 aliphatic rings. The second kappa shape index (κ2) is 5.41. The van der Waals surface area contributed by atoms with Crippen LogP contribution in [0.5, 0.6) is 0 Å². The number of carbonyl (C=O) groups is 1. The third kappa shape index (κ3) is 2.62. The van der Waals surface area contributed by atoms with E-state index >= 15 is 0 Å². The van der Waals surface area contributed by atoms with E-state index in [0.717, 1.165) is 35.8 Å². The third-order valence-electron chi connectivity index (χ3n) is 4.64. The molecule has 1 aliphatic heterocycles. The molecule has 2 heterocycles. The molecule has 0 unspecified atom stereocenters. The molecule has 2 aliphatic carbocycles. The van der Waals surface area contributed by atoms with Crippen molar-refractivity contribution < 1.29 is 9.53 Å². The maximum Gasteiger partial charge on any atom is 0.250 e. The van der Waals surface area contributed by atoms with E-state index in [1.54, 1.807) is 0 Å². The van der Waals surface area contributed by atoms with Gasteiger partial charge in [0, 0.05) is 12.0 Å². The SMILES string of the molecule is CC1=C(C(=O)NCc2nnc(C3CC3)n2C2CC2)CCCO1. The molecule has 1 N–H and O–H groups in total. The number of rotatable bonds is 5. The second-order valence-electron chi connectivity index (χ2n) is 6.52. The number of hydrogen-bond acceptors (Lipinski definition) is 4. The van der Waals surface area contributed by atoms with Crippen molar-refractivity contribution in [1.82, 2.24) is 20.1 Å². The summed E-state index contributed by atoms with van der Waals surface area (Å²) in [7, 11) is 0. The van der Waals surface area contributed by atoms with E-state index in [0.29, 0.717) is 25.1 Å². The van der Waals surface area contributed by atoms with Crippen molar-refractivity contribution in [3.05, 3.63) is 23.0 Å². The molecule has 0 radical (unpaired) electrons. The summed E-state index contributed by atoms with van der Waals surface area (Å²) in [6.07, 6.45) is 6.55. The van der Waals surface area contributed by atoms with Crippen LogP contribution in [0.1, 0.15) is 69.1 Å². The molecule has 22 heavy (non-hydrogen) atoms. The topological polar surface area (TPSA) is 69.0 Å². The monoisotopic (exact) mass is 302 g/mol. The second-order valence-corrected chi connectivity index (χ2v) is 6.52. The van der Waals surface area contributed by atoms with Crippen molar-refractivity contribution in [3.63, 3.8) is 0 Å². The van der Waals surface area contributed by atoms with Gasteiger partial charge < -0.3 is 14.6 Å². The van der Waals surface area contributed by atoms with Crippen molar-refractivity contribution in [2.75, 3.05) is 6.61 Å². The Balaban J connectivity index is 1.46. The number of nitrogens with one attached hydrogen (secondary N) is 1. The van der Waals surface area contributed by atoms with Crippen LogP contribution >= 0.6 is 0 Å². The van der Waals surface area contributed by atoms with E-state index < -0.39 is 0 Å². The average molecular weight is 302 g/mol. The van der Waals surface area contributed by atoms with Gasteiger partial charge in [-0.05, 0) is 45.4 Å². The lowest BCUT2D eigenvalue weighted by atomic mass is 10.1. The summed E-state index contributed by atoms with van der Waals surface area (Å²) in [4.78, 5) is 12.3. The molecular formula is C16H22N4O2. The highest BCUT2D eigenvalue weighted by atomic mass is 16.5. The summed E-state index contributed by atoms with van der Waals surface area (Å²) in [6, 6.07) is 0.552. The lowest BCUT2D eigenvalue weighted by molar-refractivity contribution is -0.118. The van der Waals surface area contributed by atoms with Crippen LogP contribution in [-0.4, -0.2) is 27.3 Å².